The van der Waals surface area contributed by atoms with Gasteiger partial charge in [0.1, 0.15) is 0 Å². The summed E-state index contributed by atoms with van der Waals surface area (Å²) in [7, 11) is 1.71. The van der Waals surface area contributed by atoms with Gasteiger partial charge < -0.3 is 10.1 Å². The van der Waals surface area contributed by atoms with Crippen molar-refractivity contribution < 1.29 is 4.74 Å². The van der Waals surface area contributed by atoms with Crippen molar-refractivity contribution in [1.82, 2.24) is 4.98 Å². The Morgan fingerprint density at radius 1 is 1.20 bits per heavy atom. The van der Waals surface area contributed by atoms with Gasteiger partial charge in [-0.05, 0) is 24.5 Å². The van der Waals surface area contributed by atoms with Gasteiger partial charge in [-0.15, -0.1) is 0 Å². The van der Waals surface area contributed by atoms with Gasteiger partial charge in [-0.25, -0.2) is 4.98 Å². The number of para-hydroxylation sites is 1. The zero-order chi connectivity index (χ0) is 14.4. The molecule has 1 aromatic heterocycles. The average molecular weight is 272 g/mol. The molecule has 1 aromatic carbocycles. The first-order chi connectivity index (χ1) is 9.80. The van der Waals surface area contributed by atoms with Crippen LogP contribution in [0, 0.1) is 0 Å². The number of aromatic nitrogens is 1. The molecule has 0 aliphatic carbocycles. The van der Waals surface area contributed by atoms with E-state index in [0.29, 0.717) is 6.61 Å². The second-order valence-electron chi connectivity index (χ2n) is 5.08. The normalized spacial score (nSPS) is 10.9. The molecule has 0 fully saturated rings. The second kappa shape index (κ2) is 7.25. The third-order valence-electron chi connectivity index (χ3n) is 3.35. The standard InChI is InChI=1S/C17H24N2O/c1-4-7-13-8-6-9-15-16(18-10-5-2)11-14(12-20-3)19-17(13)15/h6,8-9,11H,4-5,7,10,12H2,1-3H3,(H,18,19). The van der Waals surface area contributed by atoms with Crippen LogP contribution in [0.4, 0.5) is 5.69 Å². The fourth-order valence-electron chi connectivity index (χ4n) is 2.46. The molecule has 2 rings (SSSR count). The lowest BCUT2D eigenvalue weighted by Crippen LogP contribution is -2.04. The quantitative estimate of drug-likeness (QED) is 0.822. The highest BCUT2D eigenvalue weighted by Crippen LogP contribution is 2.27. The molecule has 0 aliphatic heterocycles. The predicted octanol–water partition coefficient (Wildman–Crippen LogP) is 4.16. The van der Waals surface area contributed by atoms with Crippen LogP contribution in [0.5, 0.6) is 0 Å². The van der Waals surface area contributed by atoms with Crippen molar-refractivity contribution in [3.8, 4) is 0 Å². The van der Waals surface area contributed by atoms with Crippen LogP contribution >= 0.6 is 0 Å². The number of nitrogens with one attached hydrogen (secondary N) is 1. The van der Waals surface area contributed by atoms with Crippen molar-refractivity contribution in [1.29, 1.82) is 0 Å². The monoisotopic (exact) mass is 272 g/mol. The van der Waals surface area contributed by atoms with Crippen molar-refractivity contribution in [3.63, 3.8) is 0 Å². The third-order valence-corrected chi connectivity index (χ3v) is 3.35. The van der Waals surface area contributed by atoms with E-state index in [0.717, 1.165) is 37.0 Å². The minimum atomic E-state index is 0.553. The number of fused-ring (bicyclic) bond motifs is 1. The molecule has 1 heterocycles. The highest BCUT2D eigenvalue weighted by Gasteiger charge is 2.09. The molecule has 3 nitrogen and oxygen atoms in total. The largest absolute Gasteiger partial charge is 0.384 e. The summed E-state index contributed by atoms with van der Waals surface area (Å²) in [6.07, 6.45) is 3.30. The van der Waals surface area contributed by atoms with E-state index in [1.165, 1.54) is 16.6 Å². The SMILES string of the molecule is CCCNc1cc(COC)nc2c(CCC)cccc12. The average Bonchev–Trinajstić information content (AvgIpc) is 2.46. The van der Waals surface area contributed by atoms with Crippen molar-refractivity contribution >= 4 is 16.6 Å². The van der Waals surface area contributed by atoms with Gasteiger partial charge in [-0.3, -0.25) is 0 Å². The maximum atomic E-state index is 5.25. The summed E-state index contributed by atoms with van der Waals surface area (Å²) in [5.74, 6) is 0. The van der Waals surface area contributed by atoms with Gasteiger partial charge in [0.2, 0.25) is 0 Å². The minimum absolute atomic E-state index is 0.553. The Hall–Kier alpha value is -1.61. The van der Waals surface area contributed by atoms with Gasteiger partial charge in [0.25, 0.3) is 0 Å². The number of hydrogen-bond acceptors (Lipinski definition) is 3. The predicted molar refractivity (Wildman–Crippen MR) is 85.2 cm³/mol. The Labute approximate surface area is 121 Å². The Balaban J connectivity index is 2.54. The number of anilines is 1. The Kier molecular flexibility index (Phi) is 5.36. The summed E-state index contributed by atoms with van der Waals surface area (Å²) >= 11 is 0. The van der Waals surface area contributed by atoms with Crippen LogP contribution < -0.4 is 5.32 Å². The first kappa shape index (κ1) is 14.8. The lowest BCUT2D eigenvalue weighted by molar-refractivity contribution is 0.182. The Morgan fingerprint density at radius 3 is 2.75 bits per heavy atom. The molecule has 108 valence electrons. The molecule has 0 atom stereocenters. The van der Waals surface area contributed by atoms with Gasteiger partial charge >= 0.3 is 0 Å². The highest BCUT2D eigenvalue weighted by molar-refractivity contribution is 5.93. The van der Waals surface area contributed by atoms with Gasteiger partial charge in [0, 0.05) is 24.7 Å². The van der Waals surface area contributed by atoms with Crippen molar-refractivity contribution in [2.45, 2.75) is 39.7 Å². The summed E-state index contributed by atoms with van der Waals surface area (Å²) in [5.41, 5.74) is 4.59. The molecule has 0 aliphatic rings. The molecular formula is C17H24N2O. The maximum absolute atomic E-state index is 5.25. The van der Waals surface area contributed by atoms with E-state index >= 15 is 0 Å². The fraction of sp³-hybridized carbons (Fsp3) is 0.471. The summed E-state index contributed by atoms with van der Waals surface area (Å²) < 4.78 is 5.25. The number of rotatable bonds is 7. The molecule has 0 bridgehead atoms. The molecule has 1 N–H and O–H groups in total. The van der Waals surface area contributed by atoms with E-state index < -0.39 is 0 Å². The van der Waals surface area contributed by atoms with Crippen LogP contribution in [0.15, 0.2) is 24.3 Å². The zero-order valence-corrected chi connectivity index (χ0v) is 12.7. The van der Waals surface area contributed by atoms with E-state index in [-0.39, 0.29) is 0 Å². The molecule has 0 saturated heterocycles. The number of pyridine rings is 1. The van der Waals surface area contributed by atoms with Crippen LogP contribution in [0.2, 0.25) is 0 Å². The van der Waals surface area contributed by atoms with Crippen LogP contribution in [-0.4, -0.2) is 18.6 Å². The number of aryl methyl sites for hydroxylation is 1. The molecule has 0 radical (unpaired) electrons. The number of nitrogens with zero attached hydrogens (tertiary/aromatic N) is 1. The highest BCUT2D eigenvalue weighted by atomic mass is 16.5. The second-order valence-corrected chi connectivity index (χ2v) is 5.08. The van der Waals surface area contributed by atoms with E-state index in [2.05, 4.69) is 43.4 Å². The maximum Gasteiger partial charge on any atom is 0.0885 e. The first-order valence-corrected chi connectivity index (χ1v) is 7.44. The van der Waals surface area contributed by atoms with Gasteiger partial charge in [0.05, 0.1) is 17.8 Å². The number of ether oxygens (including phenoxy) is 1. The number of benzene rings is 1. The van der Waals surface area contributed by atoms with E-state index in [9.17, 15) is 0 Å². The summed E-state index contributed by atoms with van der Waals surface area (Å²) in [4.78, 5) is 4.79. The molecule has 0 unspecified atom stereocenters. The van der Waals surface area contributed by atoms with E-state index in [4.69, 9.17) is 9.72 Å². The van der Waals surface area contributed by atoms with Crippen LogP contribution in [0.1, 0.15) is 37.9 Å². The minimum Gasteiger partial charge on any atom is -0.384 e. The lowest BCUT2D eigenvalue weighted by atomic mass is 10.0. The van der Waals surface area contributed by atoms with Gasteiger partial charge in [-0.1, -0.05) is 38.5 Å². The molecular weight excluding hydrogens is 248 g/mol. The third kappa shape index (κ3) is 3.28. The molecule has 2 aromatic rings. The van der Waals surface area contributed by atoms with Crippen molar-refractivity contribution in [3.05, 3.63) is 35.5 Å². The van der Waals surface area contributed by atoms with Crippen LogP contribution in [0.3, 0.4) is 0 Å². The number of hydrogen-bond donors (Lipinski definition) is 1. The zero-order valence-electron chi connectivity index (χ0n) is 12.7. The Morgan fingerprint density at radius 2 is 2.05 bits per heavy atom. The molecule has 3 heteroatoms. The lowest BCUT2D eigenvalue weighted by Gasteiger charge is -2.13. The topological polar surface area (TPSA) is 34.1 Å². The fourth-order valence-corrected chi connectivity index (χ4v) is 2.46. The molecule has 20 heavy (non-hydrogen) atoms. The van der Waals surface area contributed by atoms with Crippen molar-refractivity contribution in [2.24, 2.45) is 0 Å². The van der Waals surface area contributed by atoms with Crippen LogP contribution in [-0.2, 0) is 17.8 Å². The Bertz CT molecular complexity index is 566. The molecule has 0 amide bonds. The molecule has 0 saturated carbocycles. The summed E-state index contributed by atoms with van der Waals surface area (Å²) in [6.45, 7) is 5.91. The van der Waals surface area contributed by atoms with E-state index in [1.54, 1.807) is 7.11 Å². The smallest absolute Gasteiger partial charge is 0.0885 e. The summed E-state index contributed by atoms with van der Waals surface area (Å²) in [6, 6.07) is 8.56. The first-order valence-electron chi connectivity index (χ1n) is 7.44. The summed E-state index contributed by atoms with van der Waals surface area (Å²) in [5, 5.41) is 4.72. The van der Waals surface area contributed by atoms with Gasteiger partial charge in [0.15, 0.2) is 0 Å². The van der Waals surface area contributed by atoms with Crippen LogP contribution in [0.25, 0.3) is 10.9 Å². The van der Waals surface area contributed by atoms with Gasteiger partial charge in [-0.2, -0.15) is 0 Å². The number of methoxy groups -OCH3 is 1. The van der Waals surface area contributed by atoms with E-state index in [1.807, 2.05) is 0 Å². The molecule has 0 spiro atoms. The van der Waals surface area contributed by atoms with Crippen molar-refractivity contribution in [2.75, 3.05) is 19.0 Å².